The molecule has 0 spiro atoms. The summed E-state index contributed by atoms with van der Waals surface area (Å²) in [6.07, 6.45) is 9.54. The zero-order chi connectivity index (χ0) is 19.7. The first-order chi connectivity index (χ1) is 13.4. The van der Waals surface area contributed by atoms with Crippen molar-refractivity contribution in [3.63, 3.8) is 0 Å². The Morgan fingerprint density at radius 3 is 2.75 bits per heavy atom. The monoisotopic (exact) mass is 405 g/mol. The van der Waals surface area contributed by atoms with Crippen LogP contribution in [0, 0.1) is 11.8 Å². The van der Waals surface area contributed by atoms with Crippen LogP contribution in [0.2, 0.25) is 0 Å². The molecule has 1 atom stereocenters. The average Bonchev–Trinajstić information content (AvgIpc) is 3.17. The maximum Gasteiger partial charge on any atom is 0.214 e. The number of hydrogen-bond donors (Lipinski definition) is 1. The molecule has 154 valence electrons. The second-order valence-corrected chi connectivity index (χ2v) is 10.6. The second kappa shape index (κ2) is 7.99. The van der Waals surface area contributed by atoms with Crippen molar-refractivity contribution in [1.29, 1.82) is 0 Å². The number of nitrogens with zero attached hydrogens (tertiary/aromatic N) is 4. The molecule has 8 heteroatoms. The molecule has 2 aliphatic rings. The molecule has 2 fully saturated rings. The van der Waals surface area contributed by atoms with E-state index in [1.165, 1.54) is 0 Å². The maximum absolute atomic E-state index is 12.8. The van der Waals surface area contributed by atoms with Crippen molar-refractivity contribution in [2.24, 2.45) is 11.8 Å². The fraction of sp³-hybridized carbons (Fsp3) is 0.700. The lowest BCUT2D eigenvalue weighted by atomic mass is 9.86. The SMILES string of the molecule is C[C@@H]1CCCN(S(=O)(=O)C[C@H]2CC[C@H](N(C)c3ncnc4[nH]ccc34)CC2)C1. The number of fused-ring (bicyclic) bond motifs is 1. The van der Waals surface area contributed by atoms with Crippen LogP contribution in [0.1, 0.15) is 45.4 Å². The fourth-order valence-electron chi connectivity index (χ4n) is 4.81. The minimum Gasteiger partial charge on any atom is -0.356 e. The van der Waals surface area contributed by atoms with Crippen molar-refractivity contribution in [2.45, 2.75) is 51.5 Å². The molecule has 2 aromatic heterocycles. The van der Waals surface area contributed by atoms with Gasteiger partial charge in [-0.3, -0.25) is 0 Å². The van der Waals surface area contributed by atoms with E-state index in [0.717, 1.165) is 55.4 Å². The summed E-state index contributed by atoms with van der Waals surface area (Å²) < 4.78 is 27.4. The third-order valence-corrected chi connectivity index (χ3v) is 8.50. The van der Waals surface area contributed by atoms with Gasteiger partial charge in [0.25, 0.3) is 0 Å². The van der Waals surface area contributed by atoms with Crippen LogP contribution in [-0.2, 0) is 10.0 Å². The molecule has 1 saturated carbocycles. The normalized spacial score (nSPS) is 27.1. The second-order valence-electron chi connectivity index (χ2n) is 8.61. The zero-order valence-electron chi connectivity index (χ0n) is 16.8. The predicted molar refractivity (Wildman–Crippen MR) is 112 cm³/mol. The first-order valence-electron chi connectivity index (χ1n) is 10.4. The Hall–Kier alpha value is -1.67. The molecule has 1 saturated heterocycles. The number of rotatable bonds is 5. The fourth-order valence-corrected chi connectivity index (χ4v) is 6.84. The van der Waals surface area contributed by atoms with Crippen molar-refractivity contribution in [3.8, 4) is 0 Å². The Morgan fingerprint density at radius 1 is 1.21 bits per heavy atom. The summed E-state index contributed by atoms with van der Waals surface area (Å²) in [6.45, 7) is 3.54. The van der Waals surface area contributed by atoms with Gasteiger partial charge in [-0.1, -0.05) is 6.92 Å². The van der Waals surface area contributed by atoms with Gasteiger partial charge >= 0.3 is 0 Å². The average molecular weight is 406 g/mol. The minimum absolute atomic E-state index is 0.268. The van der Waals surface area contributed by atoms with Crippen LogP contribution in [0.4, 0.5) is 5.82 Å². The van der Waals surface area contributed by atoms with E-state index in [0.29, 0.717) is 30.8 Å². The van der Waals surface area contributed by atoms with Crippen LogP contribution in [-0.4, -0.2) is 59.6 Å². The van der Waals surface area contributed by atoms with E-state index < -0.39 is 10.0 Å². The summed E-state index contributed by atoms with van der Waals surface area (Å²) in [5.74, 6) is 2.01. The van der Waals surface area contributed by atoms with Gasteiger partial charge in [-0.15, -0.1) is 0 Å². The summed E-state index contributed by atoms with van der Waals surface area (Å²) in [5.41, 5.74) is 0.854. The Balaban J connectivity index is 1.36. The van der Waals surface area contributed by atoms with Crippen molar-refractivity contribution in [3.05, 3.63) is 18.6 Å². The highest BCUT2D eigenvalue weighted by atomic mass is 32.2. The number of sulfonamides is 1. The molecule has 0 radical (unpaired) electrons. The lowest BCUT2D eigenvalue weighted by molar-refractivity contribution is 0.275. The molecule has 2 aromatic rings. The van der Waals surface area contributed by atoms with Crippen LogP contribution >= 0.6 is 0 Å². The van der Waals surface area contributed by atoms with Crippen molar-refractivity contribution in [2.75, 3.05) is 30.8 Å². The van der Waals surface area contributed by atoms with E-state index in [1.807, 2.05) is 12.3 Å². The highest BCUT2D eigenvalue weighted by Crippen LogP contribution is 2.32. The molecular weight excluding hydrogens is 374 g/mol. The molecule has 1 N–H and O–H groups in total. The first-order valence-corrected chi connectivity index (χ1v) is 12.0. The third kappa shape index (κ3) is 4.03. The van der Waals surface area contributed by atoms with Crippen molar-refractivity contribution < 1.29 is 8.42 Å². The van der Waals surface area contributed by atoms with Gasteiger partial charge in [0.1, 0.15) is 17.8 Å². The first kappa shape index (κ1) is 19.6. The molecule has 0 unspecified atom stereocenters. The van der Waals surface area contributed by atoms with Crippen LogP contribution in [0.25, 0.3) is 11.0 Å². The van der Waals surface area contributed by atoms with Gasteiger partial charge in [0.05, 0.1) is 11.1 Å². The molecule has 1 aliphatic heterocycles. The Labute approximate surface area is 167 Å². The number of anilines is 1. The van der Waals surface area contributed by atoms with Gasteiger partial charge in [0, 0.05) is 32.4 Å². The van der Waals surface area contributed by atoms with E-state index in [-0.39, 0.29) is 5.92 Å². The molecule has 1 aliphatic carbocycles. The largest absolute Gasteiger partial charge is 0.356 e. The Morgan fingerprint density at radius 2 is 2.00 bits per heavy atom. The quantitative estimate of drug-likeness (QED) is 0.827. The summed E-state index contributed by atoms with van der Waals surface area (Å²) in [6, 6.07) is 2.40. The van der Waals surface area contributed by atoms with Gasteiger partial charge in [0.15, 0.2) is 0 Å². The molecular formula is C20H31N5O2S. The van der Waals surface area contributed by atoms with Gasteiger partial charge in [-0.25, -0.2) is 22.7 Å². The highest BCUT2D eigenvalue weighted by Gasteiger charge is 2.32. The van der Waals surface area contributed by atoms with E-state index in [2.05, 4.69) is 33.8 Å². The van der Waals surface area contributed by atoms with E-state index in [1.54, 1.807) is 10.6 Å². The number of nitrogens with one attached hydrogen (secondary N) is 1. The Bertz CT molecular complexity index is 904. The zero-order valence-corrected chi connectivity index (χ0v) is 17.7. The van der Waals surface area contributed by atoms with Crippen LogP contribution < -0.4 is 4.90 Å². The number of aromatic nitrogens is 3. The smallest absolute Gasteiger partial charge is 0.214 e. The van der Waals surface area contributed by atoms with E-state index in [9.17, 15) is 8.42 Å². The summed E-state index contributed by atoms with van der Waals surface area (Å²) in [4.78, 5) is 14.1. The van der Waals surface area contributed by atoms with E-state index >= 15 is 0 Å². The maximum atomic E-state index is 12.8. The molecule has 0 aromatic carbocycles. The molecule has 3 heterocycles. The molecule has 4 rings (SSSR count). The van der Waals surface area contributed by atoms with E-state index in [4.69, 9.17) is 0 Å². The van der Waals surface area contributed by atoms with Gasteiger partial charge in [0.2, 0.25) is 10.0 Å². The molecule has 0 amide bonds. The molecule has 7 nitrogen and oxygen atoms in total. The van der Waals surface area contributed by atoms with Crippen LogP contribution in [0.15, 0.2) is 18.6 Å². The molecule has 28 heavy (non-hydrogen) atoms. The number of piperidine rings is 1. The summed E-state index contributed by atoms with van der Waals surface area (Å²) in [7, 11) is -1.04. The topological polar surface area (TPSA) is 82.2 Å². The van der Waals surface area contributed by atoms with Crippen LogP contribution in [0.5, 0.6) is 0 Å². The number of H-pyrrole nitrogens is 1. The summed E-state index contributed by atoms with van der Waals surface area (Å²) >= 11 is 0. The number of hydrogen-bond acceptors (Lipinski definition) is 5. The van der Waals surface area contributed by atoms with Crippen molar-refractivity contribution >= 4 is 26.9 Å². The highest BCUT2D eigenvalue weighted by molar-refractivity contribution is 7.89. The minimum atomic E-state index is -3.13. The van der Waals surface area contributed by atoms with Gasteiger partial charge < -0.3 is 9.88 Å². The lowest BCUT2D eigenvalue weighted by Crippen LogP contribution is -2.43. The standard InChI is InChI=1S/C20H31N5O2S/c1-15-4-3-11-25(12-15)28(26,27)13-16-5-7-17(8-6-16)24(2)20-18-9-10-21-19(18)22-14-23-20/h9-10,14-17H,3-8,11-13H2,1-2H3,(H,21,22,23)/t15-,16-,17-/m1/s1. The van der Waals surface area contributed by atoms with Gasteiger partial charge in [-0.05, 0) is 56.4 Å². The Kier molecular flexibility index (Phi) is 5.60. The van der Waals surface area contributed by atoms with Crippen LogP contribution in [0.3, 0.4) is 0 Å². The lowest BCUT2D eigenvalue weighted by Gasteiger charge is -2.36. The van der Waals surface area contributed by atoms with Crippen molar-refractivity contribution in [1.82, 2.24) is 19.3 Å². The van der Waals surface area contributed by atoms with Gasteiger partial charge in [-0.2, -0.15) is 0 Å². The predicted octanol–water partition coefficient (Wildman–Crippen LogP) is 3.01. The third-order valence-electron chi connectivity index (χ3n) is 6.49. The summed E-state index contributed by atoms with van der Waals surface area (Å²) in [5, 5.41) is 1.04. The molecule has 0 bridgehead atoms. The number of aromatic amines is 1.